The number of carboxylic acids is 1. The van der Waals surface area contributed by atoms with E-state index in [1.54, 1.807) is 10.8 Å². The largest absolute Gasteiger partial charge is 0.481 e. The molecular weight excluding hydrogens is 272 g/mol. The van der Waals surface area contributed by atoms with Crippen molar-refractivity contribution in [1.29, 1.82) is 0 Å². The molecule has 0 saturated carbocycles. The molecule has 0 aliphatic rings. The van der Waals surface area contributed by atoms with Crippen molar-refractivity contribution in [2.45, 2.75) is 33.7 Å². The lowest BCUT2D eigenvalue weighted by atomic mass is 9.84. The van der Waals surface area contributed by atoms with E-state index in [-0.39, 0.29) is 23.6 Å². The van der Waals surface area contributed by atoms with Crippen LogP contribution in [-0.4, -0.2) is 39.6 Å². The van der Waals surface area contributed by atoms with E-state index >= 15 is 0 Å². The van der Waals surface area contributed by atoms with Crippen LogP contribution in [0, 0.1) is 11.3 Å². The number of aromatic nitrogens is 2. The lowest BCUT2D eigenvalue weighted by Gasteiger charge is -2.23. The fraction of sp³-hybridized carbons (Fsp3) is 0.643. The third-order valence-corrected chi connectivity index (χ3v) is 2.97. The normalized spacial score (nSPS) is 13.0. The molecule has 7 nitrogen and oxygen atoms in total. The summed E-state index contributed by atoms with van der Waals surface area (Å²) in [5, 5.41) is 11.8. The highest BCUT2D eigenvalue weighted by atomic mass is 16.4. The van der Waals surface area contributed by atoms with Gasteiger partial charge in [-0.2, -0.15) is 0 Å². The summed E-state index contributed by atoms with van der Waals surface area (Å²) in [6.07, 6.45) is 3.62. The van der Waals surface area contributed by atoms with Crippen LogP contribution in [0.3, 0.4) is 0 Å². The average Bonchev–Trinajstić information content (AvgIpc) is 2.81. The van der Waals surface area contributed by atoms with Crippen molar-refractivity contribution in [3.05, 3.63) is 18.2 Å². The zero-order chi connectivity index (χ0) is 16.0. The first kappa shape index (κ1) is 17.2. The summed E-state index contributed by atoms with van der Waals surface area (Å²) in [7, 11) is 0. The van der Waals surface area contributed by atoms with Crippen LogP contribution in [0.1, 0.15) is 37.7 Å². The number of carbonyl (C=O) groups is 2. The molecule has 0 aliphatic heterocycles. The standard InChI is InChI=1S/C14H24N4O3/c1-14(2,3)6-10(13(20)21)7-16-12(19)11-8-18(5-4-15)9-17-11/h8-10H,4-7,15H2,1-3H3,(H,16,19)(H,20,21). The van der Waals surface area contributed by atoms with Gasteiger partial charge in [-0.15, -0.1) is 0 Å². The lowest BCUT2D eigenvalue weighted by molar-refractivity contribution is -0.142. The van der Waals surface area contributed by atoms with E-state index in [0.29, 0.717) is 19.5 Å². The Morgan fingerprint density at radius 2 is 2.14 bits per heavy atom. The predicted octanol–water partition coefficient (Wildman–Crippen LogP) is 0.709. The van der Waals surface area contributed by atoms with Gasteiger partial charge >= 0.3 is 5.97 Å². The smallest absolute Gasteiger partial charge is 0.308 e. The van der Waals surface area contributed by atoms with Crippen LogP contribution in [0.2, 0.25) is 0 Å². The van der Waals surface area contributed by atoms with E-state index in [1.165, 1.54) is 6.33 Å². The van der Waals surface area contributed by atoms with Crippen LogP contribution in [0.25, 0.3) is 0 Å². The molecule has 1 heterocycles. The predicted molar refractivity (Wildman–Crippen MR) is 78.8 cm³/mol. The topological polar surface area (TPSA) is 110 Å². The van der Waals surface area contributed by atoms with Crippen LogP contribution < -0.4 is 11.1 Å². The Labute approximate surface area is 124 Å². The van der Waals surface area contributed by atoms with E-state index in [4.69, 9.17) is 5.73 Å². The van der Waals surface area contributed by atoms with Crippen molar-refractivity contribution >= 4 is 11.9 Å². The lowest BCUT2D eigenvalue weighted by Crippen LogP contribution is -2.35. The summed E-state index contributed by atoms with van der Waals surface area (Å²) >= 11 is 0. The summed E-state index contributed by atoms with van der Waals surface area (Å²) < 4.78 is 1.72. The molecule has 1 amide bonds. The average molecular weight is 296 g/mol. The number of nitrogens with zero attached hydrogens (tertiary/aromatic N) is 2. The number of nitrogens with two attached hydrogens (primary N) is 1. The Morgan fingerprint density at radius 3 is 2.67 bits per heavy atom. The van der Waals surface area contributed by atoms with E-state index in [2.05, 4.69) is 10.3 Å². The van der Waals surface area contributed by atoms with Gasteiger partial charge in [0, 0.05) is 25.8 Å². The van der Waals surface area contributed by atoms with Gasteiger partial charge < -0.3 is 20.7 Å². The number of imidazole rings is 1. The molecule has 118 valence electrons. The highest BCUT2D eigenvalue weighted by Gasteiger charge is 2.25. The van der Waals surface area contributed by atoms with Crippen LogP contribution in [-0.2, 0) is 11.3 Å². The molecule has 1 atom stereocenters. The first-order valence-electron chi connectivity index (χ1n) is 6.96. The van der Waals surface area contributed by atoms with Crippen molar-refractivity contribution < 1.29 is 14.7 Å². The maximum Gasteiger partial charge on any atom is 0.308 e. The maximum atomic E-state index is 11.9. The minimum Gasteiger partial charge on any atom is -0.481 e. The minimum atomic E-state index is -0.904. The van der Waals surface area contributed by atoms with Gasteiger partial charge in [-0.05, 0) is 11.8 Å². The molecule has 0 saturated heterocycles. The molecule has 0 radical (unpaired) electrons. The van der Waals surface area contributed by atoms with Crippen molar-refractivity contribution in [2.75, 3.05) is 13.1 Å². The molecule has 4 N–H and O–H groups in total. The monoisotopic (exact) mass is 296 g/mol. The molecule has 0 fully saturated rings. The highest BCUT2D eigenvalue weighted by molar-refractivity contribution is 5.92. The first-order chi connectivity index (χ1) is 9.73. The zero-order valence-electron chi connectivity index (χ0n) is 12.8. The Morgan fingerprint density at radius 1 is 1.48 bits per heavy atom. The first-order valence-corrected chi connectivity index (χ1v) is 6.96. The van der Waals surface area contributed by atoms with Gasteiger partial charge in [0.25, 0.3) is 5.91 Å². The molecule has 7 heteroatoms. The summed E-state index contributed by atoms with van der Waals surface area (Å²) in [6, 6.07) is 0. The third kappa shape index (κ3) is 5.95. The zero-order valence-corrected chi connectivity index (χ0v) is 12.8. The van der Waals surface area contributed by atoms with Crippen LogP contribution in [0.5, 0.6) is 0 Å². The number of rotatable bonds is 7. The van der Waals surface area contributed by atoms with Gasteiger partial charge in [-0.25, -0.2) is 4.98 Å². The van der Waals surface area contributed by atoms with Crippen molar-refractivity contribution in [3.8, 4) is 0 Å². The SMILES string of the molecule is CC(C)(C)CC(CNC(=O)c1cn(CCN)cn1)C(=O)O. The molecule has 0 bridgehead atoms. The quantitative estimate of drug-likeness (QED) is 0.686. The summed E-state index contributed by atoms with van der Waals surface area (Å²) in [5.41, 5.74) is 5.57. The summed E-state index contributed by atoms with van der Waals surface area (Å²) in [6.45, 7) is 7.05. The number of hydrogen-bond donors (Lipinski definition) is 3. The third-order valence-electron chi connectivity index (χ3n) is 2.97. The van der Waals surface area contributed by atoms with E-state index in [9.17, 15) is 14.7 Å². The maximum absolute atomic E-state index is 11.9. The highest BCUT2D eigenvalue weighted by Crippen LogP contribution is 2.24. The van der Waals surface area contributed by atoms with Gasteiger partial charge in [0.15, 0.2) is 0 Å². The second-order valence-corrected chi connectivity index (χ2v) is 6.30. The molecule has 0 aromatic carbocycles. The number of amides is 1. The number of hydrogen-bond acceptors (Lipinski definition) is 4. The van der Waals surface area contributed by atoms with Gasteiger partial charge in [-0.1, -0.05) is 20.8 Å². The second-order valence-electron chi connectivity index (χ2n) is 6.30. The van der Waals surface area contributed by atoms with Gasteiger partial charge in [0.2, 0.25) is 0 Å². The molecule has 1 aromatic rings. The molecule has 0 aliphatic carbocycles. The number of aliphatic carboxylic acids is 1. The molecular formula is C14H24N4O3. The minimum absolute atomic E-state index is 0.0924. The Kier molecular flexibility index (Phi) is 5.90. The van der Waals surface area contributed by atoms with E-state index in [1.807, 2.05) is 20.8 Å². The Balaban J connectivity index is 2.58. The van der Waals surface area contributed by atoms with Crippen LogP contribution >= 0.6 is 0 Å². The molecule has 21 heavy (non-hydrogen) atoms. The van der Waals surface area contributed by atoms with Crippen molar-refractivity contribution in [1.82, 2.24) is 14.9 Å². The van der Waals surface area contributed by atoms with E-state index in [0.717, 1.165) is 0 Å². The summed E-state index contributed by atoms with van der Waals surface area (Å²) in [5.74, 6) is -1.88. The van der Waals surface area contributed by atoms with Crippen LogP contribution in [0.4, 0.5) is 0 Å². The Bertz CT molecular complexity index is 491. The van der Waals surface area contributed by atoms with Crippen molar-refractivity contribution in [2.24, 2.45) is 17.1 Å². The number of carbonyl (C=O) groups excluding carboxylic acids is 1. The molecule has 1 aromatic heterocycles. The molecule has 1 unspecified atom stereocenters. The van der Waals surface area contributed by atoms with Gasteiger partial charge in [-0.3, -0.25) is 9.59 Å². The van der Waals surface area contributed by atoms with Gasteiger partial charge in [0.1, 0.15) is 5.69 Å². The Hall–Kier alpha value is -1.89. The second kappa shape index (κ2) is 7.21. The number of carboxylic acid groups (broad SMARTS) is 1. The molecule has 0 spiro atoms. The van der Waals surface area contributed by atoms with Crippen molar-refractivity contribution in [3.63, 3.8) is 0 Å². The summed E-state index contributed by atoms with van der Waals surface area (Å²) in [4.78, 5) is 27.2. The number of nitrogens with one attached hydrogen (secondary N) is 1. The van der Waals surface area contributed by atoms with Crippen LogP contribution in [0.15, 0.2) is 12.5 Å². The van der Waals surface area contributed by atoms with E-state index < -0.39 is 11.9 Å². The fourth-order valence-corrected chi connectivity index (χ4v) is 2.04. The fourth-order valence-electron chi connectivity index (χ4n) is 2.04. The molecule has 1 rings (SSSR count). The van der Waals surface area contributed by atoms with Gasteiger partial charge in [0.05, 0.1) is 12.2 Å².